The van der Waals surface area contributed by atoms with Crippen LogP contribution in [0.15, 0.2) is 18.4 Å². The van der Waals surface area contributed by atoms with Crippen molar-refractivity contribution in [1.29, 1.82) is 0 Å². The van der Waals surface area contributed by atoms with Crippen molar-refractivity contribution in [2.45, 2.75) is 13.8 Å². The second-order valence-electron chi connectivity index (χ2n) is 1.03. The maximum absolute atomic E-state index is 10.7. The third kappa shape index (κ3) is 33.2. The van der Waals surface area contributed by atoms with E-state index in [-0.39, 0.29) is 0 Å². The third-order valence-electron chi connectivity index (χ3n) is 0.169. The largest absolute Gasteiger partial charge is 0.106 e. The lowest BCUT2D eigenvalue weighted by atomic mass is 10.5. The highest BCUT2D eigenvalue weighted by Gasteiger charge is 1.66. The summed E-state index contributed by atoms with van der Waals surface area (Å²) in [5, 5.41) is 2.31. The first-order valence-corrected chi connectivity index (χ1v) is 1.89. The summed E-state index contributed by atoms with van der Waals surface area (Å²) in [7, 11) is 0. The molecule has 0 amide bonds. The molecule has 0 atom stereocenters. The lowest BCUT2D eigenvalue weighted by Gasteiger charge is -1.68. The summed E-state index contributed by atoms with van der Waals surface area (Å²) in [5.74, 6) is 0. The molecule has 2 heteroatoms. The molecule has 0 rings (SSSR count). The summed E-state index contributed by atoms with van der Waals surface area (Å²) in [4.78, 5) is 0. The summed E-state index contributed by atoms with van der Waals surface area (Å²) < 4.78 is 10.7. The molecule has 0 saturated heterocycles. The molecule has 0 saturated carbocycles. The van der Waals surface area contributed by atoms with Gasteiger partial charge in [-0.15, -0.1) is 13.2 Å². The Morgan fingerprint density at radius 1 is 1.43 bits per heavy atom. The molecule has 0 heterocycles. The zero-order valence-electron chi connectivity index (χ0n) is 4.74. The van der Waals surface area contributed by atoms with E-state index >= 15 is 0 Å². The molecule has 7 heavy (non-hydrogen) atoms. The Hall–Kier alpha value is -0.660. The van der Waals surface area contributed by atoms with E-state index in [0.717, 1.165) is 0 Å². The summed E-state index contributed by atoms with van der Waals surface area (Å²) in [6.45, 7) is 9.19. The predicted molar refractivity (Wildman–Crippen MR) is 31.1 cm³/mol. The number of nitrogens with zero attached hydrogens (tertiary/aromatic N) is 1. The van der Waals surface area contributed by atoms with E-state index in [2.05, 4.69) is 18.4 Å². The van der Waals surface area contributed by atoms with E-state index in [1.165, 1.54) is 0 Å². The molecule has 0 aliphatic carbocycles. The summed E-state index contributed by atoms with van der Waals surface area (Å²) in [6.07, 6.45) is 0. The maximum Gasteiger partial charge on any atom is 0.0447 e. The lowest BCUT2D eigenvalue weighted by Crippen LogP contribution is -1.71. The van der Waals surface area contributed by atoms with Crippen LogP contribution in [0.2, 0.25) is 0 Å². The van der Waals surface area contributed by atoms with Gasteiger partial charge < -0.3 is 0 Å². The SMILES string of the molecule is C=C.CC(C)=NF. The van der Waals surface area contributed by atoms with E-state index in [1.54, 1.807) is 13.8 Å². The van der Waals surface area contributed by atoms with Crippen LogP contribution in [0.3, 0.4) is 0 Å². The van der Waals surface area contributed by atoms with Crippen LogP contribution in [0.25, 0.3) is 0 Å². The Labute approximate surface area is 43.5 Å². The Balaban J connectivity index is 0. The van der Waals surface area contributed by atoms with Gasteiger partial charge in [0, 0.05) is 5.71 Å². The normalized spacial score (nSPS) is 5.57. The van der Waals surface area contributed by atoms with Gasteiger partial charge in [-0.3, -0.25) is 0 Å². The molecule has 0 aromatic carbocycles. The van der Waals surface area contributed by atoms with Gasteiger partial charge in [0.2, 0.25) is 0 Å². The molecule has 1 nitrogen and oxygen atoms in total. The van der Waals surface area contributed by atoms with Crippen LogP contribution in [0.4, 0.5) is 4.48 Å². The average Bonchev–Trinajstić information content (AvgIpc) is 1.73. The van der Waals surface area contributed by atoms with Gasteiger partial charge in [0.25, 0.3) is 0 Å². The van der Waals surface area contributed by atoms with Gasteiger partial charge in [0.15, 0.2) is 0 Å². The standard InChI is InChI=1S/C3H6FN.C2H4/c1-3(2)5-4;1-2/h1-2H3;1-2H2. The highest BCUT2D eigenvalue weighted by Crippen LogP contribution is 1.70. The second kappa shape index (κ2) is 9.02. The van der Waals surface area contributed by atoms with Crippen LogP contribution < -0.4 is 0 Å². The molecule has 0 aliphatic rings. The molecule has 0 aromatic rings. The van der Waals surface area contributed by atoms with Crippen LogP contribution in [-0.4, -0.2) is 5.71 Å². The molecule has 0 unspecified atom stereocenters. The quantitative estimate of drug-likeness (QED) is 0.329. The van der Waals surface area contributed by atoms with Crippen molar-refractivity contribution in [2.24, 2.45) is 5.21 Å². The number of halogens is 1. The maximum atomic E-state index is 10.7. The van der Waals surface area contributed by atoms with Crippen molar-refractivity contribution < 1.29 is 4.48 Å². The molecule has 0 N–H and O–H groups in total. The molecule has 0 radical (unpaired) electrons. The van der Waals surface area contributed by atoms with E-state index in [9.17, 15) is 4.48 Å². The second-order valence-corrected chi connectivity index (χ2v) is 1.03. The summed E-state index contributed by atoms with van der Waals surface area (Å²) in [5.41, 5.74) is 0.463. The smallest absolute Gasteiger partial charge is 0.0447 e. The molecule has 0 aromatic heterocycles. The molecular weight excluding hydrogens is 93.1 g/mol. The summed E-state index contributed by atoms with van der Waals surface area (Å²) in [6, 6.07) is 0. The lowest BCUT2D eigenvalue weighted by molar-refractivity contribution is 0.536. The highest BCUT2D eigenvalue weighted by molar-refractivity contribution is 5.78. The van der Waals surface area contributed by atoms with Crippen molar-refractivity contribution in [2.75, 3.05) is 0 Å². The number of rotatable bonds is 0. The van der Waals surface area contributed by atoms with E-state index < -0.39 is 0 Å². The number of hydrogen-bond donors (Lipinski definition) is 0. The first-order valence-electron chi connectivity index (χ1n) is 1.89. The molecular formula is C5H10FN. The average molecular weight is 103 g/mol. The fourth-order valence-electron chi connectivity index (χ4n) is 0. The topological polar surface area (TPSA) is 12.4 Å². The van der Waals surface area contributed by atoms with Crippen molar-refractivity contribution >= 4 is 5.71 Å². The first kappa shape index (κ1) is 9.60. The minimum Gasteiger partial charge on any atom is -0.106 e. The van der Waals surface area contributed by atoms with Crippen molar-refractivity contribution in [3.05, 3.63) is 13.2 Å². The van der Waals surface area contributed by atoms with Gasteiger partial charge in [-0.1, -0.05) is 9.70 Å². The van der Waals surface area contributed by atoms with Crippen molar-refractivity contribution in [3.8, 4) is 0 Å². The molecule has 42 valence electrons. The number of hydrogen-bond acceptors (Lipinski definition) is 1. The fourth-order valence-corrected chi connectivity index (χ4v) is 0. The van der Waals surface area contributed by atoms with Crippen LogP contribution in [-0.2, 0) is 0 Å². The molecule has 0 bridgehead atoms. The molecule has 0 fully saturated rings. The Kier molecular flexibility index (Phi) is 12.4. The minimum absolute atomic E-state index is 0.463. The molecule has 0 spiro atoms. The third-order valence-corrected chi connectivity index (χ3v) is 0.169. The van der Waals surface area contributed by atoms with Crippen LogP contribution in [0.5, 0.6) is 0 Å². The van der Waals surface area contributed by atoms with Crippen LogP contribution >= 0.6 is 0 Å². The Bertz CT molecular complexity index is 55.1. The minimum atomic E-state index is 0.463. The first-order chi connectivity index (χ1) is 3.27. The predicted octanol–water partition coefficient (Wildman–Crippen LogP) is 2.15. The van der Waals surface area contributed by atoms with Gasteiger partial charge in [0.05, 0.1) is 0 Å². The Morgan fingerprint density at radius 2 is 1.57 bits per heavy atom. The zero-order chi connectivity index (χ0) is 6.28. The van der Waals surface area contributed by atoms with E-state index in [1.807, 2.05) is 0 Å². The van der Waals surface area contributed by atoms with E-state index in [0.29, 0.717) is 5.71 Å². The highest BCUT2D eigenvalue weighted by atomic mass is 19.2. The fraction of sp³-hybridized carbons (Fsp3) is 0.400. The zero-order valence-corrected chi connectivity index (χ0v) is 4.74. The molecule has 0 aliphatic heterocycles. The van der Waals surface area contributed by atoms with E-state index in [4.69, 9.17) is 0 Å². The van der Waals surface area contributed by atoms with Gasteiger partial charge >= 0.3 is 0 Å². The van der Waals surface area contributed by atoms with Crippen LogP contribution in [0, 0.1) is 0 Å². The Morgan fingerprint density at radius 3 is 1.57 bits per heavy atom. The monoisotopic (exact) mass is 103 g/mol. The van der Waals surface area contributed by atoms with Crippen molar-refractivity contribution in [1.82, 2.24) is 0 Å². The van der Waals surface area contributed by atoms with Gasteiger partial charge in [-0.25, -0.2) is 0 Å². The van der Waals surface area contributed by atoms with Gasteiger partial charge in [-0.2, -0.15) is 0 Å². The van der Waals surface area contributed by atoms with Crippen LogP contribution in [0.1, 0.15) is 13.8 Å². The van der Waals surface area contributed by atoms with Crippen molar-refractivity contribution in [3.63, 3.8) is 0 Å². The van der Waals surface area contributed by atoms with Gasteiger partial charge in [-0.05, 0) is 13.8 Å². The van der Waals surface area contributed by atoms with Gasteiger partial charge in [0.1, 0.15) is 0 Å². The summed E-state index contributed by atoms with van der Waals surface area (Å²) >= 11 is 0.